The van der Waals surface area contributed by atoms with Crippen molar-refractivity contribution in [1.82, 2.24) is 0 Å². The molecular formula is C55H106O6. The number of carbonyl (C=O) groups is 3. The molecule has 0 rings (SSSR count). The van der Waals surface area contributed by atoms with Crippen LogP contribution in [0.1, 0.15) is 316 Å². The minimum absolute atomic E-state index is 0.0620. The van der Waals surface area contributed by atoms with Crippen molar-refractivity contribution in [2.75, 3.05) is 13.2 Å². The van der Waals surface area contributed by atoms with Crippen LogP contribution in [0.25, 0.3) is 0 Å². The van der Waals surface area contributed by atoms with E-state index in [9.17, 15) is 14.4 Å². The molecule has 0 bridgehead atoms. The number of unbranched alkanes of at least 4 members (excludes halogenated alkanes) is 40. The number of hydrogen-bond acceptors (Lipinski definition) is 6. The Labute approximate surface area is 380 Å². The monoisotopic (exact) mass is 863 g/mol. The first-order valence-corrected chi connectivity index (χ1v) is 27.5. The van der Waals surface area contributed by atoms with E-state index >= 15 is 0 Å². The summed E-state index contributed by atoms with van der Waals surface area (Å²) in [4.78, 5) is 37.9. The van der Waals surface area contributed by atoms with E-state index in [2.05, 4.69) is 20.8 Å². The van der Waals surface area contributed by atoms with E-state index in [0.29, 0.717) is 19.3 Å². The van der Waals surface area contributed by atoms with E-state index < -0.39 is 6.10 Å². The van der Waals surface area contributed by atoms with Crippen LogP contribution in [-0.4, -0.2) is 37.2 Å². The zero-order chi connectivity index (χ0) is 44.4. The van der Waals surface area contributed by atoms with Gasteiger partial charge in [-0.25, -0.2) is 0 Å². The SMILES string of the molecule is CCCCCCCCCCCCCCCCCCCCCCCCCC(=O)OCC(COC(=O)CCCCCCCCCCC)OC(=O)CCCCCCCCCCCCC. The first kappa shape index (κ1) is 59.4. The molecule has 0 saturated carbocycles. The van der Waals surface area contributed by atoms with Crippen LogP contribution in [0, 0.1) is 0 Å². The largest absolute Gasteiger partial charge is 0.462 e. The van der Waals surface area contributed by atoms with E-state index in [4.69, 9.17) is 14.2 Å². The standard InChI is InChI=1S/C55H106O6/c1-4-7-10-13-16-19-21-22-23-24-25-26-27-28-29-30-31-32-34-36-39-42-45-48-54(57)60-51-52(50-59-53(56)47-44-41-38-35-18-15-12-9-6-3)61-55(58)49-46-43-40-37-33-20-17-14-11-8-5-2/h52H,4-51H2,1-3H3. The van der Waals surface area contributed by atoms with Gasteiger partial charge in [0.2, 0.25) is 0 Å². The van der Waals surface area contributed by atoms with Gasteiger partial charge in [0.05, 0.1) is 0 Å². The predicted molar refractivity (Wildman–Crippen MR) is 261 cm³/mol. The molecule has 0 aliphatic rings. The van der Waals surface area contributed by atoms with Crippen LogP contribution >= 0.6 is 0 Å². The summed E-state index contributed by atoms with van der Waals surface area (Å²) in [6, 6.07) is 0. The van der Waals surface area contributed by atoms with Crippen molar-refractivity contribution in [1.29, 1.82) is 0 Å². The van der Waals surface area contributed by atoms with Gasteiger partial charge in [0, 0.05) is 19.3 Å². The molecule has 0 spiro atoms. The molecule has 61 heavy (non-hydrogen) atoms. The van der Waals surface area contributed by atoms with Crippen LogP contribution in [0.3, 0.4) is 0 Å². The van der Waals surface area contributed by atoms with Crippen molar-refractivity contribution in [3.63, 3.8) is 0 Å². The topological polar surface area (TPSA) is 78.9 Å². The number of esters is 3. The third-order valence-electron chi connectivity index (χ3n) is 12.6. The fraction of sp³-hybridized carbons (Fsp3) is 0.945. The fourth-order valence-electron chi connectivity index (χ4n) is 8.45. The van der Waals surface area contributed by atoms with Gasteiger partial charge in [0.25, 0.3) is 0 Å². The molecule has 0 aromatic heterocycles. The Morgan fingerprint density at radius 1 is 0.262 bits per heavy atom. The summed E-state index contributed by atoms with van der Waals surface area (Å²) in [6.45, 7) is 6.66. The first-order valence-electron chi connectivity index (χ1n) is 27.5. The maximum Gasteiger partial charge on any atom is 0.306 e. The van der Waals surface area contributed by atoms with Crippen molar-refractivity contribution in [2.45, 2.75) is 322 Å². The van der Waals surface area contributed by atoms with Crippen LogP contribution in [0.5, 0.6) is 0 Å². The highest BCUT2D eigenvalue weighted by Gasteiger charge is 2.19. The Morgan fingerprint density at radius 3 is 0.656 bits per heavy atom. The molecule has 6 heteroatoms. The summed E-state index contributed by atoms with van der Waals surface area (Å²) in [5.74, 6) is -0.844. The zero-order valence-electron chi connectivity index (χ0n) is 41.5. The van der Waals surface area contributed by atoms with E-state index in [1.54, 1.807) is 0 Å². The molecule has 0 aliphatic carbocycles. The van der Waals surface area contributed by atoms with Crippen molar-refractivity contribution >= 4 is 17.9 Å². The van der Waals surface area contributed by atoms with Crippen LogP contribution in [0.2, 0.25) is 0 Å². The van der Waals surface area contributed by atoms with Gasteiger partial charge in [-0.05, 0) is 19.3 Å². The Balaban J connectivity index is 4.10. The second-order valence-electron chi connectivity index (χ2n) is 18.9. The lowest BCUT2D eigenvalue weighted by atomic mass is 10.0. The summed E-state index contributed by atoms with van der Waals surface area (Å²) in [7, 11) is 0. The molecule has 0 fully saturated rings. The highest BCUT2D eigenvalue weighted by Crippen LogP contribution is 2.17. The zero-order valence-corrected chi connectivity index (χ0v) is 41.5. The lowest BCUT2D eigenvalue weighted by Gasteiger charge is -2.18. The van der Waals surface area contributed by atoms with E-state index in [0.717, 1.165) is 57.8 Å². The highest BCUT2D eigenvalue weighted by molar-refractivity contribution is 5.71. The smallest absolute Gasteiger partial charge is 0.306 e. The molecule has 0 saturated heterocycles. The van der Waals surface area contributed by atoms with Crippen LogP contribution in [-0.2, 0) is 28.6 Å². The van der Waals surface area contributed by atoms with Crippen molar-refractivity contribution in [2.24, 2.45) is 0 Å². The summed E-state index contributed by atoms with van der Waals surface area (Å²) in [5.41, 5.74) is 0. The average molecular weight is 863 g/mol. The highest BCUT2D eigenvalue weighted by atomic mass is 16.6. The van der Waals surface area contributed by atoms with Crippen LogP contribution in [0.15, 0.2) is 0 Å². The van der Waals surface area contributed by atoms with Crippen molar-refractivity contribution in [3.05, 3.63) is 0 Å². The number of rotatable bonds is 51. The van der Waals surface area contributed by atoms with E-state index in [1.165, 1.54) is 218 Å². The third kappa shape index (κ3) is 49.3. The second-order valence-corrected chi connectivity index (χ2v) is 18.9. The number of hydrogen-bond donors (Lipinski definition) is 0. The summed E-state index contributed by atoms with van der Waals surface area (Å²) in [6.07, 6.45) is 55.4. The third-order valence-corrected chi connectivity index (χ3v) is 12.6. The molecule has 1 unspecified atom stereocenters. The van der Waals surface area contributed by atoms with Gasteiger partial charge in [0.1, 0.15) is 13.2 Å². The van der Waals surface area contributed by atoms with Gasteiger partial charge >= 0.3 is 17.9 Å². The summed E-state index contributed by atoms with van der Waals surface area (Å²) >= 11 is 0. The Morgan fingerprint density at radius 2 is 0.443 bits per heavy atom. The molecule has 0 aliphatic heterocycles. The molecule has 1 atom stereocenters. The summed E-state index contributed by atoms with van der Waals surface area (Å²) < 4.78 is 16.8. The van der Waals surface area contributed by atoms with Crippen LogP contribution < -0.4 is 0 Å². The second kappa shape index (κ2) is 51.0. The molecule has 6 nitrogen and oxygen atoms in total. The maximum absolute atomic E-state index is 12.7. The Hall–Kier alpha value is -1.59. The minimum atomic E-state index is -0.759. The van der Waals surface area contributed by atoms with Crippen molar-refractivity contribution < 1.29 is 28.6 Å². The minimum Gasteiger partial charge on any atom is -0.462 e. The normalized spacial score (nSPS) is 11.9. The lowest BCUT2D eigenvalue weighted by molar-refractivity contribution is -0.167. The fourth-order valence-corrected chi connectivity index (χ4v) is 8.45. The predicted octanol–water partition coefficient (Wildman–Crippen LogP) is 18.0. The molecule has 362 valence electrons. The van der Waals surface area contributed by atoms with E-state index in [1.807, 2.05) is 0 Å². The molecule has 0 radical (unpaired) electrons. The number of ether oxygens (including phenoxy) is 3. The quantitative estimate of drug-likeness (QED) is 0.0344. The lowest BCUT2D eigenvalue weighted by Crippen LogP contribution is -2.30. The van der Waals surface area contributed by atoms with Crippen LogP contribution in [0.4, 0.5) is 0 Å². The molecule has 0 N–H and O–H groups in total. The Bertz CT molecular complexity index is 905. The van der Waals surface area contributed by atoms with Gasteiger partial charge in [-0.3, -0.25) is 14.4 Å². The molecule has 0 amide bonds. The van der Waals surface area contributed by atoms with Gasteiger partial charge in [-0.15, -0.1) is 0 Å². The average Bonchev–Trinajstić information content (AvgIpc) is 3.26. The Kier molecular flexibility index (Phi) is 49.7. The molecule has 0 aromatic carbocycles. The first-order chi connectivity index (χ1) is 30.0. The molecule has 0 aromatic rings. The van der Waals surface area contributed by atoms with Crippen molar-refractivity contribution in [3.8, 4) is 0 Å². The summed E-state index contributed by atoms with van der Waals surface area (Å²) in [5, 5.41) is 0. The van der Waals surface area contributed by atoms with Gasteiger partial charge in [0.15, 0.2) is 6.10 Å². The van der Waals surface area contributed by atoms with Gasteiger partial charge in [-0.2, -0.15) is 0 Å². The number of carbonyl (C=O) groups excluding carboxylic acids is 3. The molecular weight excluding hydrogens is 757 g/mol. The maximum atomic E-state index is 12.7. The van der Waals surface area contributed by atoms with E-state index in [-0.39, 0.29) is 31.1 Å². The van der Waals surface area contributed by atoms with Gasteiger partial charge < -0.3 is 14.2 Å². The molecule has 0 heterocycles. The van der Waals surface area contributed by atoms with Gasteiger partial charge in [-0.1, -0.05) is 278 Å².